The zero-order valence-corrected chi connectivity index (χ0v) is 21.9. The van der Waals surface area contributed by atoms with Crippen molar-refractivity contribution in [3.8, 4) is 39.9 Å². The largest absolute Gasteiger partial charge is 0.508 e. The molecule has 5 rings (SSSR count). The van der Waals surface area contributed by atoms with Crippen molar-refractivity contribution in [2.24, 2.45) is 0 Å². The number of aliphatic hydroxyl groups excluding tert-OH is 2. The summed E-state index contributed by atoms with van der Waals surface area (Å²) in [5.41, 5.74) is 5.84. The lowest BCUT2D eigenvalue weighted by Gasteiger charge is -2.37. The Kier molecular flexibility index (Phi) is 7.68. The van der Waals surface area contributed by atoms with Crippen molar-refractivity contribution in [3.63, 3.8) is 0 Å². The molecule has 4 N–H and O–H groups in total. The van der Waals surface area contributed by atoms with Gasteiger partial charge in [0.1, 0.15) is 30.0 Å². The summed E-state index contributed by atoms with van der Waals surface area (Å²) in [6.07, 6.45) is 4.04. The summed E-state index contributed by atoms with van der Waals surface area (Å²) in [7, 11) is 1.49. The summed E-state index contributed by atoms with van der Waals surface area (Å²) in [6, 6.07) is 12.3. The summed E-state index contributed by atoms with van der Waals surface area (Å²) in [5, 5.41) is 41.1. The number of methoxy groups -OCH3 is 1. The molecule has 38 heavy (non-hydrogen) atoms. The second-order valence-electron chi connectivity index (χ2n) is 10.2. The molecule has 0 radical (unpaired) electrons. The number of phenolic OH excluding ortho intramolecular Hbond substituents is 2. The Morgan fingerprint density at radius 2 is 1.84 bits per heavy atom. The smallest absolute Gasteiger partial charge is 0.160 e. The fraction of sp³-hybridized carbons (Fsp3) is 0.419. The molecular weight excluding hydrogens is 484 g/mol. The van der Waals surface area contributed by atoms with E-state index in [-0.39, 0.29) is 30.6 Å². The molecule has 2 aliphatic rings. The van der Waals surface area contributed by atoms with Crippen LogP contribution in [0.25, 0.3) is 11.1 Å². The number of benzene rings is 3. The first-order chi connectivity index (χ1) is 18.4. The molecule has 0 spiro atoms. The van der Waals surface area contributed by atoms with Crippen LogP contribution in [0.2, 0.25) is 0 Å². The van der Waals surface area contributed by atoms with Gasteiger partial charge in [-0.3, -0.25) is 0 Å². The minimum atomic E-state index is -0.803. The molecule has 3 atom stereocenters. The van der Waals surface area contributed by atoms with Gasteiger partial charge in [-0.2, -0.15) is 0 Å². The van der Waals surface area contributed by atoms with Gasteiger partial charge in [0.25, 0.3) is 0 Å². The highest BCUT2D eigenvalue weighted by Gasteiger charge is 2.38. The fourth-order valence-electron chi connectivity index (χ4n) is 5.95. The Hall–Kier alpha value is -3.42. The van der Waals surface area contributed by atoms with Gasteiger partial charge >= 0.3 is 0 Å². The number of hydrogen-bond donors (Lipinski definition) is 4. The van der Waals surface area contributed by atoms with E-state index in [1.54, 1.807) is 24.3 Å². The Bertz CT molecular complexity index is 1300. The lowest BCUT2D eigenvalue weighted by Crippen LogP contribution is -2.32. The van der Waals surface area contributed by atoms with Crippen LogP contribution in [0, 0.1) is 0 Å². The van der Waals surface area contributed by atoms with Crippen LogP contribution in [0.1, 0.15) is 66.9 Å². The quantitative estimate of drug-likeness (QED) is 0.280. The summed E-state index contributed by atoms with van der Waals surface area (Å²) in [5.74, 6) is 2.03. The van der Waals surface area contributed by atoms with E-state index in [2.05, 4.69) is 6.92 Å². The molecule has 7 heteroatoms. The average Bonchev–Trinajstić information content (AvgIpc) is 2.91. The predicted octanol–water partition coefficient (Wildman–Crippen LogP) is 5.40. The summed E-state index contributed by atoms with van der Waals surface area (Å²) in [6.45, 7) is 2.21. The van der Waals surface area contributed by atoms with Gasteiger partial charge in [-0.25, -0.2) is 0 Å². The van der Waals surface area contributed by atoms with E-state index in [1.807, 2.05) is 18.2 Å². The van der Waals surface area contributed by atoms with Gasteiger partial charge in [-0.1, -0.05) is 38.3 Å². The minimum Gasteiger partial charge on any atom is -0.508 e. The van der Waals surface area contributed by atoms with Gasteiger partial charge in [0.05, 0.1) is 19.8 Å². The van der Waals surface area contributed by atoms with E-state index in [0.717, 1.165) is 59.9 Å². The molecule has 0 aromatic heterocycles. The number of unbranched alkanes of at least 4 members (excludes halogenated alkanes) is 2. The zero-order valence-electron chi connectivity index (χ0n) is 21.9. The molecule has 1 heterocycles. The zero-order chi connectivity index (χ0) is 26.8. The maximum Gasteiger partial charge on any atom is 0.160 e. The maximum atomic E-state index is 11.3. The molecular formula is C31H36O7. The molecule has 7 nitrogen and oxygen atoms in total. The van der Waals surface area contributed by atoms with Crippen molar-refractivity contribution in [2.75, 3.05) is 20.3 Å². The van der Waals surface area contributed by atoms with Gasteiger partial charge in [-0.15, -0.1) is 0 Å². The summed E-state index contributed by atoms with van der Waals surface area (Å²) < 4.78 is 17.8. The van der Waals surface area contributed by atoms with Crippen LogP contribution >= 0.6 is 0 Å². The van der Waals surface area contributed by atoms with Crippen LogP contribution in [0.4, 0.5) is 0 Å². The maximum absolute atomic E-state index is 11.3. The van der Waals surface area contributed by atoms with Crippen molar-refractivity contribution in [2.45, 2.75) is 63.6 Å². The third kappa shape index (κ3) is 4.88. The van der Waals surface area contributed by atoms with Gasteiger partial charge < -0.3 is 34.6 Å². The number of rotatable bonds is 9. The van der Waals surface area contributed by atoms with Gasteiger partial charge in [0.2, 0.25) is 0 Å². The van der Waals surface area contributed by atoms with Gasteiger partial charge in [0.15, 0.2) is 11.5 Å². The van der Waals surface area contributed by atoms with Crippen LogP contribution in [-0.2, 0) is 12.8 Å². The molecule has 0 saturated carbocycles. The van der Waals surface area contributed by atoms with Crippen molar-refractivity contribution in [1.82, 2.24) is 0 Å². The van der Waals surface area contributed by atoms with Crippen molar-refractivity contribution >= 4 is 0 Å². The standard InChI is InChI=1S/C31H36O7/c1-3-4-5-6-18-13-20-14-21(33)8-9-22(20)30-28(37-12-11-32)17-26-23(29(18)30)16-25(35)31(38-26)19-7-10-24(34)27(15-19)36-2/h7-10,14-15,17-18,25,31-35H,3-6,11-13,16H2,1-2H3/t18-,25+,31+/m0/s1. The summed E-state index contributed by atoms with van der Waals surface area (Å²) in [4.78, 5) is 0. The molecule has 3 aromatic rings. The molecule has 202 valence electrons. The highest BCUT2D eigenvalue weighted by Crippen LogP contribution is 2.53. The molecule has 1 aliphatic carbocycles. The van der Waals surface area contributed by atoms with Crippen LogP contribution < -0.4 is 14.2 Å². The normalized spacial score (nSPS) is 19.6. The highest BCUT2D eigenvalue weighted by molar-refractivity contribution is 5.83. The van der Waals surface area contributed by atoms with E-state index in [9.17, 15) is 20.4 Å². The number of ether oxygens (including phenoxy) is 3. The van der Waals surface area contributed by atoms with E-state index in [4.69, 9.17) is 14.2 Å². The number of aliphatic hydroxyl groups is 2. The van der Waals surface area contributed by atoms with E-state index < -0.39 is 12.2 Å². The first-order valence-corrected chi connectivity index (χ1v) is 13.4. The van der Waals surface area contributed by atoms with E-state index >= 15 is 0 Å². The Balaban J connectivity index is 1.64. The second kappa shape index (κ2) is 11.1. The number of aromatic hydroxyl groups is 2. The molecule has 0 saturated heterocycles. The van der Waals surface area contributed by atoms with Crippen molar-refractivity contribution in [3.05, 3.63) is 64.7 Å². The Labute approximate surface area is 223 Å². The molecule has 1 aliphatic heterocycles. The molecule has 3 aromatic carbocycles. The average molecular weight is 521 g/mol. The van der Waals surface area contributed by atoms with Gasteiger partial charge in [-0.05, 0) is 65.3 Å². The van der Waals surface area contributed by atoms with Crippen molar-refractivity contribution in [1.29, 1.82) is 0 Å². The molecule has 0 fully saturated rings. The first-order valence-electron chi connectivity index (χ1n) is 13.4. The lowest BCUT2D eigenvalue weighted by atomic mass is 9.72. The Morgan fingerprint density at radius 3 is 2.61 bits per heavy atom. The lowest BCUT2D eigenvalue weighted by molar-refractivity contribution is 0.0200. The Morgan fingerprint density at radius 1 is 1.00 bits per heavy atom. The topological polar surface area (TPSA) is 109 Å². The van der Waals surface area contributed by atoms with Crippen LogP contribution in [0.5, 0.6) is 28.7 Å². The van der Waals surface area contributed by atoms with Crippen LogP contribution in [0.3, 0.4) is 0 Å². The molecule has 0 bridgehead atoms. The van der Waals surface area contributed by atoms with Crippen LogP contribution in [0.15, 0.2) is 42.5 Å². The number of phenols is 2. The first kappa shape index (κ1) is 26.2. The predicted molar refractivity (Wildman–Crippen MR) is 144 cm³/mol. The van der Waals surface area contributed by atoms with E-state index in [1.165, 1.54) is 7.11 Å². The molecule has 0 amide bonds. The monoisotopic (exact) mass is 520 g/mol. The molecule has 0 unspecified atom stereocenters. The number of hydrogen-bond acceptors (Lipinski definition) is 7. The fourth-order valence-corrected chi connectivity index (χ4v) is 5.95. The van der Waals surface area contributed by atoms with Crippen molar-refractivity contribution < 1.29 is 34.6 Å². The second-order valence-corrected chi connectivity index (χ2v) is 10.2. The third-order valence-corrected chi connectivity index (χ3v) is 7.69. The van der Waals surface area contributed by atoms with Gasteiger partial charge in [0, 0.05) is 23.6 Å². The number of fused-ring (bicyclic) bond motifs is 5. The third-order valence-electron chi connectivity index (χ3n) is 7.69. The SMILES string of the molecule is CCCCC[C@H]1Cc2cc(O)ccc2-c2c(OCCO)cc3c(c21)C[C@@H](O)[C@@H](c1ccc(O)c(OC)c1)O3. The highest BCUT2D eigenvalue weighted by atomic mass is 16.5. The summed E-state index contributed by atoms with van der Waals surface area (Å²) >= 11 is 0. The van der Waals surface area contributed by atoms with Crippen LogP contribution in [-0.4, -0.2) is 46.9 Å². The van der Waals surface area contributed by atoms with E-state index in [0.29, 0.717) is 29.2 Å². The minimum absolute atomic E-state index is 0.0235.